The predicted octanol–water partition coefficient (Wildman–Crippen LogP) is 2.24. The molecular formula is C19H18FN3O4S. The van der Waals surface area contributed by atoms with Crippen LogP contribution in [0, 0.1) is 5.82 Å². The van der Waals surface area contributed by atoms with Gasteiger partial charge in [-0.25, -0.2) is 4.39 Å². The van der Waals surface area contributed by atoms with Gasteiger partial charge in [0.25, 0.3) is 5.91 Å². The predicted molar refractivity (Wildman–Crippen MR) is 102 cm³/mol. The Morgan fingerprint density at radius 2 is 1.89 bits per heavy atom. The molecule has 7 nitrogen and oxygen atoms in total. The topological polar surface area (TPSA) is 96.5 Å². The largest absolute Gasteiger partial charge is 0.478 e. The van der Waals surface area contributed by atoms with Gasteiger partial charge < -0.3 is 10.1 Å². The Morgan fingerprint density at radius 1 is 1.18 bits per heavy atom. The first kappa shape index (κ1) is 19.7. The van der Waals surface area contributed by atoms with Crippen LogP contribution in [0.5, 0.6) is 5.75 Å². The molecule has 1 aliphatic rings. The third-order valence-corrected chi connectivity index (χ3v) is 5.19. The maximum atomic E-state index is 13.6. The molecule has 1 heterocycles. The van der Waals surface area contributed by atoms with Crippen LogP contribution in [-0.2, 0) is 14.4 Å². The average Bonchev–Trinajstić information content (AvgIpc) is 2.68. The minimum atomic E-state index is -1.03. The van der Waals surface area contributed by atoms with Gasteiger partial charge in [0, 0.05) is 11.3 Å². The fourth-order valence-corrected chi connectivity index (χ4v) is 3.57. The molecule has 9 heteroatoms. The summed E-state index contributed by atoms with van der Waals surface area (Å²) in [7, 11) is 0. The second-order valence-electron chi connectivity index (χ2n) is 6.02. The fraction of sp³-hybridized carbons (Fsp3) is 0.211. The summed E-state index contributed by atoms with van der Waals surface area (Å²) >= 11 is 1.29. The normalized spacial score (nSPS) is 16.4. The van der Waals surface area contributed by atoms with E-state index in [1.807, 2.05) is 18.2 Å². The van der Waals surface area contributed by atoms with Gasteiger partial charge in [0.2, 0.25) is 11.8 Å². The Bertz CT molecular complexity index is 908. The number of hydrogen-bond donors (Lipinski definition) is 3. The van der Waals surface area contributed by atoms with E-state index >= 15 is 0 Å². The number of carbonyl (C=O) groups excluding carboxylic acids is 3. The third-order valence-electron chi connectivity index (χ3n) is 3.91. The molecule has 0 bridgehead atoms. The molecule has 0 spiro atoms. The lowest BCUT2D eigenvalue weighted by Gasteiger charge is -2.23. The summed E-state index contributed by atoms with van der Waals surface area (Å²) in [5, 5.41) is 2.14. The lowest BCUT2D eigenvalue weighted by atomic mass is 10.2. The number of thioether (sulfide) groups is 1. The first-order valence-corrected chi connectivity index (χ1v) is 9.38. The third kappa shape index (κ3) is 4.80. The number of benzene rings is 2. The van der Waals surface area contributed by atoms with Gasteiger partial charge in [-0.05, 0) is 31.2 Å². The molecule has 3 amide bonds. The number of fused-ring (bicyclic) bond motifs is 1. The molecule has 3 rings (SSSR count). The van der Waals surface area contributed by atoms with Gasteiger partial charge >= 0.3 is 0 Å². The molecule has 1 aliphatic heterocycles. The zero-order chi connectivity index (χ0) is 20.1. The second-order valence-corrected chi connectivity index (χ2v) is 7.27. The maximum absolute atomic E-state index is 13.6. The lowest BCUT2D eigenvalue weighted by molar-refractivity contribution is -0.133. The molecule has 2 aromatic carbocycles. The van der Waals surface area contributed by atoms with E-state index in [2.05, 4.69) is 16.2 Å². The molecule has 0 saturated carbocycles. The van der Waals surface area contributed by atoms with Crippen LogP contribution in [0.2, 0.25) is 0 Å². The first-order chi connectivity index (χ1) is 13.4. The number of nitrogens with one attached hydrogen (secondary N) is 3. The molecule has 146 valence electrons. The molecule has 0 unspecified atom stereocenters. The van der Waals surface area contributed by atoms with Crippen molar-refractivity contribution in [2.24, 2.45) is 0 Å². The highest BCUT2D eigenvalue weighted by molar-refractivity contribution is 8.01. The number of halogens is 1. The molecular weight excluding hydrogens is 385 g/mol. The van der Waals surface area contributed by atoms with Gasteiger partial charge in [0.15, 0.2) is 17.7 Å². The van der Waals surface area contributed by atoms with E-state index in [1.54, 1.807) is 12.1 Å². The van der Waals surface area contributed by atoms with Crippen LogP contribution >= 0.6 is 11.8 Å². The van der Waals surface area contributed by atoms with Crippen LogP contribution in [0.15, 0.2) is 53.4 Å². The summed E-state index contributed by atoms with van der Waals surface area (Å²) in [5.41, 5.74) is 5.18. The Morgan fingerprint density at radius 3 is 2.68 bits per heavy atom. The zero-order valence-electron chi connectivity index (χ0n) is 14.9. The van der Waals surface area contributed by atoms with Crippen LogP contribution in [0.3, 0.4) is 0 Å². The molecule has 0 radical (unpaired) electrons. The summed E-state index contributed by atoms with van der Waals surface area (Å²) in [4.78, 5) is 37.1. The lowest BCUT2D eigenvalue weighted by Crippen LogP contribution is -2.48. The van der Waals surface area contributed by atoms with Crippen molar-refractivity contribution in [3.63, 3.8) is 0 Å². The van der Waals surface area contributed by atoms with E-state index in [0.29, 0.717) is 5.69 Å². The van der Waals surface area contributed by atoms with Gasteiger partial charge in [-0.2, -0.15) is 0 Å². The molecule has 28 heavy (non-hydrogen) atoms. The molecule has 0 fully saturated rings. The van der Waals surface area contributed by atoms with E-state index in [1.165, 1.54) is 36.9 Å². The number of para-hydroxylation sites is 2. The summed E-state index contributed by atoms with van der Waals surface area (Å²) in [5.74, 6) is -2.11. The molecule has 2 atom stereocenters. The van der Waals surface area contributed by atoms with E-state index in [4.69, 9.17) is 4.74 Å². The zero-order valence-corrected chi connectivity index (χ0v) is 15.7. The van der Waals surface area contributed by atoms with Crippen LogP contribution < -0.4 is 20.9 Å². The van der Waals surface area contributed by atoms with Crippen LogP contribution in [0.4, 0.5) is 10.1 Å². The van der Waals surface area contributed by atoms with E-state index in [9.17, 15) is 18.8 Å². The smallest absolute Gasteiger partial charge is 0.279 e. The number of hydrazine groups is 1. The van der Waals surface area contributed by atoms with Crippen molar-refractivity contribution < 1.29 is 23.5 Å². The van der Waals surface area contributed by atoms with Gasteiger partial charge in [-0.15, -0.1) is 11.8 Å². The van der Waals surface area contributed by atoms with Crippen molar-refractivity contribution in [2.75, 3.05) is 5.32 Å². The molecule has 0 aliphatic carbocycles. The Hall–Kier alpha value is -3.07. The van der Waals surface area contributed by atoms with Crippen molar-refractivity contribution in [3.8, 4) is 5.75 Å². The minimum Gasteiger partial charge on any atom is -0.478 e. The van der Waals surface area contributed by atoms with Crippen LogP contribution in [-0.4, -0.2) is 29.1 Å². The van der Waals surface area contributed by atoms with E-state index in [-0.39, 0.29) is 18.1 Å². The maximum Gasteiger partial charge on any atom is 0.279 e. The Kier molecular flexibility index (Phi) is 6.15. The number of rotatable bonds is 5. The standard InChI is InChI=1S/C19H18FN3O4S/c1-11(27-14-8-4-2-6-12(14)20)18(25)23-22-17(24)10-16-19(26)21-13-7-3-5-9-15(13)28-16/h2-9,11,16H,10H2,1H3,(H,21,26)(H,22,24)(H,23,25)/t11-,16-/m0/s1. The van der Waals surface area contributed by atoms with E-state index < -0.39 is 29.0 Å². The fourth-order valence-electron chi connectivity index (χ4n) is 2.46. The van der Waals surface area contributed by atoms with Crippen LogP contribution in [0.1, 0.15) is 13.3 Å². The Balaban J connectivity index is 1.48. The number of hydrogen-bond acceptors (Lipinski definition) is 5. The molecule has 0 saturated heterocycles. The van der Waals surface area contributed by atoms with Crippen molar-refractivity contribution in [1.29, 1.82) is 0 Å². The number of ether oxygens (including phenoxy) is 1. The molecule has 2 aromatic rings. The number of anilines is 1. The number of carbonyl (C=O) groups is 3. The highest BCUT2D eigenvalue weighted by atomic mass is 32.2. The molecule has 0 aromatic heterocycles. The molecule has 3 N–H and O–H groups in total. The second kappa shape index (κ2) is 8.75. The van der Waals surface area contributed by atoms with Gasteiger partial charge in [-0.3, -0.25) is 25.2 Å². The first-order valence-electron chi connectivity index (χ1n) is 8.50. The SMILES string of the molecule is C[C@H](Oc1ccccc1F)C(=O)NNC(=O)C[C@@H]1Sc2ccccc2NC1=O. The van der Waals surface area contributed by atoms with Crippen molar-refractivity contribution in [2.45, 2.75) is 29.6 Å². The summed E-state index contributed by atoms with van der Waals surface area (Å²) < 4.78 is 18.8. The van der Waals surface area contributed by atoms with Gasteiger partial charge in [0.1, 0.15) is 0 Å². The quantitative estimate of drug-likeness (QED) is 0.666. The van der Waals surface area contributed by atoms with Gasteiger partial charge in [0.05, 0.1) is 10.9 Å². The van der Waals surface area contributed by atoms with Crippen molar-refractivity contribution in [3.05, 3.63) is 54.3 Å². The summed E-state index contributed by atoms with van der Waals surface area (Å²) in [6.07, 6.45) is -1.15. The number of amides is 3. The highest BCUT2D eigenvalue weighted by Crippen LogP contribution is 2.36. The Labute approximate surface area is 165 Å². The van der Waals surface area contributed by atoms with Crippen molar-refractivity contribution in [1.82, 2.24) is 10.9 Å². The van der Waals surface area contributed by atoms with Gasteiger partial charge in [-0.1, -0.05) is 24.3 Å². The summed E-state index contributed by atoms with van der Waals surface area (Å²) in [6.45, 7) is 1.43. The van der Waals surface area contributed by atoms with Crippen LogP contribution in [0.25, 0.3) is 0 Å². The van der Waals surface area contributed by atoms with E-state index in [0.717, 1.165) is 4.90 Å². The van der Waals surface area contributed by atoms with Crippen molar-refractivity contribution >= 4 is 35.2 Å². The average molecular weight is 403 g/mol. The highest BCUT2D eigenvalue weighted by Gasteiger charge is 2.29. The summed E-state index contributed by atoms with van der Waals surface area (Å²) in [6, 6.07) is 13.0. The minimum absolute atomic E-state index is 0.0644. The monoisotopic (exact) mass is 403 g/mol.